The summed E-state index contributed by atoms with van der Waals surface area (Å²) >= 11 is 6.05. The first-order valence-corrected chi connectivity index (χ1v) is 12.5. The van der Waals surface area contributed by atoms with E-state index in [-0.39, 0.29) is 26.4 Å². The van der Waals surface area contributed by atoms with Gasteiger partial charge in [0, 0.05) is 17.3 Å². The van der Waals surface area contributed by atoms with Crippen LogP contribution in [0.4, 0.5) is 13.2 Å². The number of carboxylic acids is 1. The molecule has 1 amide bonds. The van der Waals surface area contributed by atoms with Crippen LogP contribution in [0, 0.1) is 6.57 Å². The fourth-order valence-corrected chi connectivity index (χ4v) is 3.27. The summed E-state index contributed by atoms with van der Waals surface area (Å²) in [5.41, 5.74) is 5.72. The number of pyridine rings is 1. The van der Waals surface area contributed by atoms with Crippen LogP contribution in [0.15, 0.2) is 48.7 Å². The van der Waals surface area contributed by atoms with Crippen molar-refractivity contribution in [2.45, 2.75) is 44.3 Å². The van der Waals surface area contributed by atoms with Gasteiger partial charge in [-0.3, -0.25) is 4.79 Å². The van der Waals surface area contributed by atoms with Gasteiger partial charge in [0.1, 0.15) is 12.6 Å². The second kappa shape index (κ2) is 15.6. The number of benzene rings is 1. The highest BCUT2D eigenvalue weighted by Gasteiger charge is 2.38. The summed E-state index contributed by atoms with van der Waals surface area (Å²) in [6, 6.07) is 11.3. The molecule has 2 heterocycles. The van der Waals surface area contributed by atoms with Crippen molar-refractivity contribution in [2.75, 3.05) is 19.8 Å². The zero-order valence-corrected chi connectivity index (χ0v) is 23.2. The van der Waals surface area contributed by atoms with Gasteiger partial charge in [0.25, 0.3) is 0 Å². The van der Waals surface area contributed by atoms with Crippen molar-refractivity contribution in [3.8, 4) is 5.88 Å². The summed E-state index contributed by atoms with van der Waals surface area (Å²) in [6.45, 7) is 11.0. The predicted octanol–water partition coefficient (Wildman–Crippen LogP) is 3.01. The zero-order valence-electron chi connectivity index (χ0n) is 22.5. The number of carbonyl (C=O) groups excluding carboxylic acids is 1. The fourth-order valence-electron chi connectivity index (χ4n) is 3.06. The number of nitrogens with zero attached hydrogens (tertiary/aromatic N) is 6. The molecule has 0 radical (unpaired) electrons. The van der Waals surface area contributed by atoms with E-state index in [0.717, 1.165) is 5.56 Å². The molecule has 0 aliphatic heterocycles. The Bertz CT molecular complexity index is 1350. The molecular weight excluding hydrogens is 585 g/mol. The summed E-state index contributed by atoms with van der Waals surface area (Å²) < 4.78 is 44.8. The van der Waals surface area contributed by atoms with Gasteiger partial charge in [-0.1, -0.05) is 29.8 Å². The van der Waals surface area contributed by atoms with Crippen molar-refractivity contribution in [1.29, 1.82) is 0 Å². The average molecular weight is 613 g/mol. The number of aliphatic carboxylic acids is 1. The highest BCUT2D eigenvalue weighted by molar-refractivity contribution is 6.30. The van der Waals surface area contributed by atoms with E-state index in [9.17, 15) is 18.0 Å². The number of halogens is 4. The molecule has 0 unspecified atom stereocenters. The summed E-state index contributed by atoms with van der Waals surface area (Å²) in [5, 5.41) is 22.6. The number of ether oxygens (including phenoxy) is 2. The first-order chi connectivity index (χ1) is 19.7. The maximum Gasteiger partial charge on any atom is 0.490 e. The molecule has 42 heavy (non-hydrogen) atoms. The molecule has 4 N–H and O–H groups in total. The van der Waals surface area contributed by atoms with Crippen molar-refractivity contribution in [2.24, 2.45) is 5.73 Å². The molecular formula is C25H28ClF3N8O5. The van der Waals surface area contributed by atoms with Gasteiger partial charge in [0.2, 0.25) is 18.3 Å². The van der Waals surface area contributed by atoms with Crippen LogP contribution in [0.5, 0.6) is 5.88 Å². The highest BCUT2D eigenvalue weighted by atomic mass is 35.5. The lowest BCUT2D eigenvalue weighted by Crippen LogP contribution is -2.51. The molecule has 0 aliphatic rings. The van der Waals surface area contributed by atoms with Gasteiger partial charge in [-0.15, -0.1) is 5.10 Å². The van der Waals surface area contributed by atoms with Crippen LogP contribution in [0.1, 0.15) is 37.3 Å². The molecule has 0 saturated carbocycles. The smallest absolute Gasteiger partial charge is 0.475 e. The van der Waals surface area contributed by atoms with Crippen molar-refractivity contribution in [1.82, 2.24) is 30.5 Å². The quantitative estimate of drug-likeness (QED) is 0.258. The van der Waals surface area contributed by atoms with E-state index < -0.39 is 35.7 Å². The number of carbonyl (C=O) groups is 2. The lowest BCUT2D eigenvalue weighted by atomic mass is 10.1. The van der Waals surface area contributed by atoms with Crippen LogP contribution in [0.2, 0.25) is 5.02 Å². The molecule has 3 rings (SSSR count). The molecule has 0 aliphatic carbocycles. The van der Waals surface area contributed by atoms with E-state index >= 15 is 0 Å². The lowest BCUT2D eigenvalue weighted by Gasteiger charge is -2.24. The van der Waals surface area contributed by atoms with E-state index in [2.05, 4.69) is 30.7 Å². The first kappa shape index (κ1) is 33.9. The molecule has 2 aromatic heterocycles. The highest BCUT2D eigenvalue weighted by Crippen LogP contribution is 2.19. The van der Waals surface area contributed by atoms with Gasteiger partial charge in [-0.2, -0.15) is 13.2 Å². The Balaban J connectivity index is 0.000000782. The molecule has 13 nitrogen and oxygen atoms in total. The van der Waals surface area contributed by atoms with Crippen LogP contribution in [0.25, 0.3) is 4.85 Å². The SMILES string of the molecule is O=C(O)C(F)(F)F.[C-]#[N+]C[C@H](COc1ccccn1)n1nnnc1[C@@H](COCc1cccc(Cl)c1)NC(=O)C(C)(C)N. The Labute approximate surface area is 243 Å². The number of nitrogens with one attached hydrogen (secondary N) is 1. The maximum atomic E-state index is 12.7. The Morgan fingerprint density at radius 1 is 1.21 bits per heavy atom. The Hall–Kier alpha value is -4.33. The zero-order chi connectivity index (χ0) is 31.3. The number of hydrogen-bond donors (Lipinski definition) is 3. The van der Waals surface area contributed by atoms with Crippen LogP contribution in [-0.2, 0) is 20.9 Å². The van der Waals surface area contributed by atoms with Gasteiger partial charge >= 0.3 is 12.1 Å². The Morgan fingerprint density at radius 3 is 2.50 bits per heavy atom. The standard InChI is InChI=1S/C23H27ClN8O3.C2HF3O2/c1-23(2,25)22(33)28-19(15-34-13-16-7-6-8-17(24)11-16)21-29-30-31-32(21)18(12-26-3)14-35-20-9-4-5-10-27-20;3-2(4,5)1(6)7/h4-11,18-19H,12-15,25H2,1-2H3,(H,28,33);(H,6,7)/t18-,19-;/m1./s1. The van der Waals surface area contributed by atoms with E-state index in [1.165, 1.54) is 4.68 Å². The molecule has 1 aromatic carbocycles. The second-order valence-electron chi connectivity index (χ2n) is 9.15. The van der Waals surface area contributed by atoms with Crippen LogP contribution >= 0.6 is 11.6 Å². The van der Waals surface area contributed by atoms with Crippen molar-refractivity contribution < 1.29 is 37.3 Å². The minimum Gasteiger partial charge on any atom is -0.475 e. The average Bonchev–Trinajstić information content (AvgIpc) is 3.40. The summed E-state index contributed by atoms with van der Waals surface area (Å²) in [7, 11) is 0. The third-order valence-electron chi connectivity index (χ3n) is 5.11. The Kier molecular flexibility index (Phi) is 12.6. The number of rotatable bonds is 12. The van der Waals surface area contributed by atoms with Gasteiger partial charge in [0.15, 0.2) is 11.9 Å². The van der Waals surface area contributed by atoms with Gasteiger partial charge < -0.3 is 30.5 Å². The largest absolute Gasteiger partial charge is 0.490 e. The normalized spacial score (nSPS) is 12.7. The van der Waals surface area contributed by atoms with E-state index in [4.69, 9.17) is 43.3 Å². The van der Waals surface area contributed by atoms with E-state index in [0.29, 0.717) is 16.7 Å². The van der Waals surface area contributed by atoms with E-state index in [1.807, 2.05) is 12.1 Å². The molecule has 0 fully saturated rings. The van der Waals surface area contributed by atoms with E-state index in [1.54, 1.807) is 50.4 Å². The predicted molar refractivity (Wildman–Crippen MR) is 142 cm³/mol. The summed E-state index contributed by atoms with van der Waals surface area (Å²) in [6.07, 6.45) is -3.47. The lowest BCUT2D eigenvalue weighted by molar-refractivity contribution is -0.192. The van der Waals surface area contributed by atoms with Crippen LogP contribution < -0.4 is 15.8 Å². The molecule has 0 saturated heterocycles. The van der Waals surface area contributed by atoms with Crippen molar-refractivity contribution >= 4 is 23.5 Å². The molecule has 226 valence electrons. The minimum absolute atomic E-state index is 0.0529. The molecule has 17 heteroatoms. The second-order valence-corrected chi connectivity index (χ2v) is 9.59. The maximum absolute atomic E-state index is 12.7. The summed E-state index contributed by atoms with van der Waals surface area (Å²) in [5.74, 6) is -2.44. The summed E-state index contributed by atoms with van der Waals surface area (Å²) in [4.78, 5) is 29.2. The van der Waals surface area contributed by atoms with Crippen LogP contribution in [-0.4, -0.2) is 73.6 Å². The Morgan fingerprint density at radius 2 is 1.93 bits per heavy atom. The van der Waals surface area contributed by atoms with Crippen LogP contribution in [0.3, 0.4) is 0 Å². The first-order valence-electron chi connectivity index (χ1n) is 12.1. The van der Waals surface area contributed by atoms with Crippen molar-refractivity contribution in [3.63, 3.8) is 0 Å². The van der Waals surface area contributed by atoms with Gasteiger partial charge in [-0.05, 0) is 48.0 Å². The number of nitrogens with two attached hydrogens (primary N) is 1. The molecule has 0 bridgehead atoms. The number of alkyl halides is 3. The number of aromatic nitrogens is 5. The minimum atomic E-state index is -5.08. The number of amides is 1. The molecule has 3 aromatic rings. The molecule has 0 spiro atoms. The topological polar surface area (TPSA) is 172 Å². The van der Waals surface area contributed by atoms with Gasteiger partial charge in [0.05, 0.1) is 18.8 Å². The third kappa shape index (κ3) is 11.3. The number of carboxylic acid groups (broad SMARTS) is 1. The number of tetrazole rings is 1. The third-order valence-corrected chi connectivity index (χ3v) is 5.35. The monoisotopic (exact) mass is 612 g/mol. The number of hydrogen-bond acceptors (Lipinski definition) is 9. The van der Waals surface area contributed by atoms with Crippen molar-refractivity contribution in [3.05, 3.63) is 76.5 Å². The molecule has 2 atom stereocenters. The fraction of sp³-hybridized carbons (Fsp3) is 0.400. The van der Waals surface area contributed by atoms with Gasteiger partial charge in [-0.25, -0.2) is 21.0 Å².